The third-order valence-corrected chi connectivity index (χ3v) is 4.77. The summed E-state index contributed by atoms with van der Waals surface area (Å²) in [5.41, 5.74) is 6.23. The molecule has 0 unspecified atom stereocenters. The zero-order valence-corrected chi connectivity index (χ0v) is 15.7. The summed E-state index contributed by atoms with van der Waals surface area (Å²) in [6.07, 6.45) is 1.81. The molecule has 1 saturated heterocycles. The molecule has 0 bridgehead atoms. The zero-order chi connectivity index (χ0) is 19.1. The van der Waals surface area contributed by atoms with Crippen LogP contribution in [-0.4, -0.2) is 54.4 Å². The molecule has 27 heavy (non-hydrogen) atoms. The first-order chi connectivity index (χ1) is 13.1. The zero-order valence-electron chi connectivity index (χ0n) is 14.9. The third kappa shape index (κ3) is 5.42. The van der Waals surface area contributed by atoms with Crippen molar-refractivity contribution in [2.45, 2.75) is 6.42 Å². The SMILES string of the molecule is O=C(CCN1CCN(c2ccccc2)CC1)NNC(=O)c1cccnc1Cl. The van der Waals surface area contributed by atoms with E-state index in [9.17, 15) is 9.59 Å². The van der Waals surface area contributed by atoms with E-state index < -0.39 is 5.91 Å². The van der Waals surface area contributed by atoms with Crippen molar-refractivity contribution in [2.75, 3.05) is 37.6 Å². The molecule has 0 radical (unpaired) electrons. The average molecular weight is 388 g/mol. The van der Waals surface area contributed by atoms with Gasteiger partial charge in [-0.15, -0.1) is 0 Å². The van der Waals surface area contributed by atoms with Crippen LogP contribution >= 0.6 is 11.6 Å². The van der Waals surface area contributed by atoms with Crippen LogP contribution in [-0.2, 0) is 4.79 Å². The monoisotopic (exact) mass is 387 g/mol. The number of nitrogens with zero attached hydrogens (tertiary/aromatic N) is 3. The number of pyridine rings is 1. The van der Waals surface area contributed by atoms with E-state index >= 15 is 0 Å². The van der Waals surface area contributed by atoms with Crippen molar-refractivity contribution in [3.63, 3.8) is 0 Å². The standard InChI is InChI=1S/C19H22ClN5O2/c20-18-16(7-4-9-21-18)19(27)23-22-17(26)8-10-24-11-13-25(14-12-24)15-5-2-1-3-6-15/h1-7,9H,8,10-14H2,(H,22,26)(H,23,27). The van der Waals surface area contributed by atoms with Crippen LogP contribution in [0, 0.1) is 0 Å². The Kier molecular flexibility index (Phi) is 6.62. The van der Waals surface area contributed by atoms with Gasteiger partial charge in [0.05, 0.1) is 5.56 Å². The van der Waals surface area contributed by atoms with Crippen molar-refractivity contribution in [2.24, 2.45) is 0 Å². The molecule has 142 valence electrons. The first-order valence-electron chi connectivity index (χ1n) is 8.85. The number of piperazine rings is 1. The molecule has 8 heteroatoms. The minimum absolute atomic E-state index is 0.0977. The van der Waals surface area contributed by atoms with Crippen molar-refractivity contribution in [1.82, 2.24) is 20.7 Å². The van der Waals surface area contributed by atoms with Crippen LogP contribution in [0.5, 0.6) is 0 Å². The van der Waals surface area contributed by atoms with Crippen LogP contribution in [0.2, 0.25) is 5.15 Å². The summed E-state index contributed by atoms with van der Waals surface area (Å²) in [5, 5.41) is 0.0977. The van der Waals surface area contributed by atoms with E-state index in [0.29, 0.717) is 13.0 Å². The normalized spacial score (nSPS) is 14.6. The molecule has 3 rings (SSSR count). The van der Waals surface area contributed by atoms with Gasteiger partial charge in [0.2, 0.25) is 5.91 Å². The van der Waals surface area contributed by atoms with E-state index in [1.165, 1.54) is 11.9 Å². The van der Waals surface area contributed by atoms with Gasteiger partial charge >= 0.3 is 0 Å². The highest BCUT2D eigenvalue weighted by molar-refractivity contribution is 6.32. The summed E-state index contributed by atoms with van der Waals surface area (Å²) in [6.45, 7) is 4.32. The molecule has 1 aromatic heterocycles. The van der Waals surface area contributed by atoms with Gasteiger partial charge in [-0.25, -0.2) is 4.98 Å². The quantitative estimate of drug-likeness (QED) is 0.603. The van der Waals surface area contributed by atoms with Crippen LogP contribution < -0.4 is 15.8 Å². The largest absolute Gasteiger partial charge is 0.369 e. The van der Waals surface area contributed by atoms with Crippen molar-refractivity contribution < 1.29 is 9.59 Å². The lowest BCUT2D eigenvalue weighted by molar-refractivity contribution is -0.122. The van der Waals surface area contributed by atoms with Crippen LogP contribution in [0.1, 0.15) is 16.8 Å². The Morgan fingerprint density at radius 3 is 2.44 bits per heavy atom. The van der Waals surface area contributed by atoms with Crippen LogP contribution in [0.25, 0.3) is 0 Å². The van der Waals surface area contributed by atoms with E-state index in [-0.39, 0.29) is 16.6 Å². The number of hydrazine groups is 1. The van der Waals surface area contributed by atoms with Gasteiger partial charge in [-0.05, 0) is 24.3 Å². The Bertz CT molecular complexity index is 779. The number of aromatic nitrogens is 1. The molecule has 1 aliphatic heterocycles. The Balaban J connectivity index is 1.36. The first-order valence-corrected chi connectivity index (χ1v) is 9.23. The number of amides is 2. The molecule has 0 saturated carbocycles. The number of carbonyl (C=O) groups is 2. The predicted octanol–water partition coefficient (Wildman–Crippen LogP) is 1.71. The average Bonchev–Trinajstić information content (AvgIpc) is 2.72. The smallest absolute Gasteiger partial charge is 0.272 e. The second-order valence-electron chi connectivity index (χ2n) is 6.26. The number of hydrogen-bond donors (Lipinski definition) is 2. The topological polar surface area (TPSA) is 77.6 Å². The molecule has 1 aliphatic rings. The fourth-order valence-corrected chi connectivity index (χ4v) is 3.15. The van der Waals surface area contributed by atoms with Crippen molar-refractivity contribution in [3.8, 4) is 0 Å². The lowest BCUT2D eigenvalue weighted by Gasteiger charge is -2.36. The van der Waals surface area contributed by atoms with Gasteiger partial charge in [0.25, 0.3) is 5.91 Å². The third-order valence-electron chi connectivity index (χ3n) is 4.47. The number of para-hydroxylation sites is 1. The first kappa shape index (κ1) is 19.1. The van der Waals surface area contributed by atoms with Gasteiger partial charge in [0, 0.05) is 51.0 Å². The summed E-state index contributed by atoms with van der Waals surface area (Å²) in [4.78, 5) is 32.4. The Morgan fingerprint density at radius 2 is 1.74 bits per heavy atom. The van der Waals surface area contributed by atoms with E-state index in [4.69, 9.17) is 11.6 Å². The molecular weight excluding hydrogens is 366 g/mol. The number of carbonyl (C=O) groups excluding carboxylic acids is 2. The highest BCUT2D eigenvalue weighted by Gasteiger charge is 2.18. The Labute approximate surface area is 163 Å². The lowest BCUT2D eigenvalue weighted by Crippen LogP contribution is -2.48. The highest BCUT2D eigenvalue weighted by atomic mass is 35.5. The minimum atomic E-state index is -0.488. The molecule has 2 heterocycles. The van der Waals surface area contributed by atoms with Gasteiger partial charge in [0.1, 0.15) is 5.15 Å². The van der Waals surface area contributed by atoms with Crippen LogP contribution in [0.15, 0.2) is 48.7 Å². The Morgan fingerprint density at radius 1 is 1.00 bits per heavy atom. The summed E-state index contributed by atoms with van der Waals surface area (Å²) < 4.78 is 0. The lowest BCUT2D eigenvalue weighted by atomic mass is 10.2. The van der Waals surface area contributed by atoms with Crippen molar-refractivity contribution in [1.29, 1.82) is 0 Å². The molecule has 0 spiro atoms. The number of rotatable bonds is 5. The molecule has 1 fully saturated rings. The van der Waals surface area contributed by atoms with E-state index in [2.05, 4.69) is 37.8 Å². The molecule has 7 nitrogen and oxygen atoms in total. The molecule has 1 aromatic carbocycles. The highest BCUT2D eigenvalue weighted by Crippen LogP contribution is 2.15. The van der Waals surface area contributed by atoms with Gasteiger partial charge in [-0.1, -0.05) is 29.8 Å². The second-order valence-corrected chi connectivity index (χ2v) is 6.62. The van der Waals surface area contributed by atoms with Gasteiger partial charge in [-0.2, -0.15) is 0 Å². The second kappa shape index (κ2) is 9.34. The molecule has 0 aliphatic carbocycles. The predicted molar refractivity (Wildman–Crippen MR) is 105 cm³/mol. The Hall–Kier alpha value is -2.64. The summed E-state index contributed by atoms with van der Waals surface area (Å²) >= 11 is 5.86. The van der Waals surface area contributed by atoms with Gasteiger partial charge in [0.15, 0.2) is 0 Å². The maximum absolute atomic E-state index is 12.0. The number of nitrogens with one attached hydrogen (secondary N) is 2. The van der Waals surface area contributed by atoms with E-state index in [1.54, 1.807) is 12.1 Å². The van der Waals surface area contributed by atoms with Gasteiger partial charge < -0.3 is 4.90 Å². The molecule has 2 amide bonds. The maximum atomic E-state index is 12.0. The van der Waals surface area contributed by atoms with E-state index in [0.717, 1.165) is 26.2 Å². The van der Waals surface area contributed by atoms with E-state index in [1.807, 2.05) is 18.2 Å². The molecule has 2 aromatic rings. The van der Waals surface area contributed by atoms with Crippen molar-refractivity contribution >= 4 is 29.1 Å². The number of hydrogen-bond acceptors (Lipinski definition) is 5. The fourth-order valence-electron chi connectivity index (χ4n) is 2.94. The maximum Gasteiger partial charge on any atom is 0.272 e. The van der Waals surface area contributed by atoms with Gasteiger partial charge in [-0.3, -0.25) is 25.3 Å². The summed E-state index contributed by atoms with van der Waals surface area (Å²) in [5.74, 6) is -0.730. The van der Waals surface area contributed by atoms with Crippen LogP contribution in [0.4, 0.5) is 5.69 Å². The molecular formula is C19H22ClN5O2. The number of halogens is 1. The summed E-state index contributed by atoms with van der Waals surface area (Å²) in [6, 6.07) is 13.5. The fraction of sp³-hybridized carbons (Fsp3) is 0.316. The number of anilines is 1. The number of benzene rings is 1. The minimum Gasteiger partial charge on any atom is -0.369 e. The van der Waals surface area contributed by atoms with Crippen molar-refractivity contribution in [3.05, 3.63) is 59.4 Å². The van der Waals surface area contributed by atoms with Crippen LogP contribution in [0.3, 0.4) is 0 Å². The summed E-state index contributed by atoms with van der Waals surface area (Å²) in [7, 11) is 0. The molecule has 0 atom stereocenters. The molecule has 2 N–H and O–H groups in total.